The molecule has 4 heteroatoms. The third kappa shape index (κ3) is 3.17. The molecule has 2 aromatic heterocycles. The lowest BCUT2D eigenvalue weighted by Gasteiger charge is -2.19. The van der Waals surface area contributed by atoms with Crippen molar-refractivity contribution in [3.8, 4) is 11.3 Å². The Labute approximate surface area is 136 Å². The van der Waals surface area contributed by atoms with E-state index in [4.69, 9.17) is 0 Å². The van der Waals surface area contributed by atoms with E-state index in [9.17, 15) is 0 Å². The summed E-state index contributed by atoms with van der Waals surface area (Å²) in [4.78, 5) is 11.2. The smallest absolute Gasteiger partial charge is 0.0948 e. The maximum atomic E-state index is 4.41. The van der Waals surface area contributed by atoms with Crippen LogP contribution in [0.5, 0.6) is 0 Å². The zero-order valence-electron chi connectivity index (χ0n) is 13.1. The number of aryl methyl sites for hydroxylation is 1. The molecule has 0 aliphatic carbocycles. The summed E-state index contributed by atoms with van der Waals surface area (Å²) in [5.41, 5.74) is 4.85. The second kappa shape index (κ2) is 6.34. The van der Waals surface area contributed by atoms with Crippen LogP contribution in [0.15, 0.2) is 61.2 Å². The van der Waals surface area contributed by atoms with Gasteiger partial charge in [-0.3, -0.25) is 9.88 Å². The molecule has 4 rings (SSSR count). The van der Waals surface area contributed by atoms with Gasteiger partial charge in [-0.2, -0.15) is 0 Å². The van der Waals surface area contributed by atoms with Crippen LogP contribution in [0.2, 0.25) is 0 Å². The first-order chi connectivity index (χ1) is 11.4. The minimum absolute atomic E-state index is 0.974. The molecule has 0 unspecified atom stereocenters. The van der Waals surface area contributed by atoms with E-state index in [-0.39, 0.29) is 0 Å². The lowest BCUT2D eigenvalue weighted by atomic mass is 10.1. The Morgan fingerprint density at radius 2 is 1.91 bits per heavy atom. The number of hydrogen-bond donors (Lipinski definition) is 0. The molecule has 4 nitrogen and oxygen atoms in total. The highest BCUT2D eigenvalue weighted by Gasteiger charge is 2.14. The van der Waals surface area contributed by atoms with Crippen molar-refractivity contribution in [2.75, 3.05) is 6.54 Å². The minimum Gasteiger partial charge on any atom is -0.333 e. The molecule has 1 aromatic carbocycles. The molecule has 3 heterocycles. The van der Waals surface area contributed by atoms with Crippen molar-refractivity contribution in [3.05, 3.63) is 72.4 Å². The Bertz CT molecular complexity index is 762. The average Bonchev–Trinajstić information content (AvgIpc) is 2.95. The van der Waals surface area contributed by atoms with Crippen LogP contribution < -0.4 is 0 Å². The maximum Gasteiger partial charge on any atom is 0.0948 e. The molecule has 1 aliphatic heterocycles. The van der Waals surface area contributed by atoms with E-state index in [2.05, 4.69) is 43.7 Å². The first-order valence-electron chi connectivity index (χ1n) is 8.10. The van der Waals surface area contributed by atoms with Gasteiger partial charge in [-0.25, -0.2) is 4.98 Å². The topological polar surface area (TPSA) is 34.0 Å². The van der Waals surface area contributed by atoms with Gasteiger partial charge in [0, 0.05) is 44.1 Å². The zero-order valence-corrected chi connectivity index (χ0v) is 13.1. The number of pyridine rings is 1. The predicted octanol–water partition coefficient (Wildman–Crippen LogP) is 3.35. The third-order valence-electron chi connectivity index (χ3n) is 4.38. The summed E-state index contributed by atoms with van der Waals surface area (Å²) in [5, 5.41) is 0. The fourth-order valence-electron chi connectivity index (χ4n) is 3.16. The lowest BCUT2D eigenvalue weighted by Crippen LogP contribution is -2.22. The standard InChI is InChI=1S/C19H20N4/c1-2-9-21-19(4-1)17-7-5-16(6-8-17)13-22-10-3-11-23-15-20-12-18(23)14-22/h1-2,4-9,12,15H,3,10-11,13-14H2. The highest BCUT2D eigenvalue weighted by atomic mass is 15.2. The van der Waals surface area contributed by atoms with E-state index in [0.29, 0.717) is 0 Å². The van der Waals surface area contributed by atoms with Crippen molar-refractivity contribution in [1.29, 1.82) is 0 Å². The molecule has 0 N–H and O–H groups in total. The van der Waals surface area contributed by atoms with E-state index in [1.807, 2.05) is 36.9 Å². The molecule has 0 atom stereocenters. The Balaban J connectivity index is 1.47. The molecule has 1 aliphatic rings. The number of imidazole rings is 1. The van der Waals surface area contributed by atoms with Gasteiger partial charge in [0.25, 0.3) is 0 Å². The molecule has 0 spiro atoms. The van der Waals surface area contributed by atoms with Crippen LogP contribution in [0.1, 0.15) is 17.7 Å². The normalized spacial score (nSPS) is 15.1. The van der Waals surface area contributed by atoms with Crippen LogP contribution in [-0.4, -0.2) is 26.0 Å². The fraction of sp³-hybridized carbons (Fsp3) is 0.263. The molecule has 23 heavy (non-hydrogen) atoms. The summed E-state index contributed by atoms with van der Waals surface area (Å²) < 4.78 is 2.27. The molecule has 0 fully saturated rings. The van der Waals surface area contributed by atoms with Crippen LogP contribution >= 0.6 is 0 Å². The maximum absolute atomic E-state index is 4.41. The molecule has 0 saturated carbocycles. The molecule has 116 valence electrons. The van der Waals surface area contributed by atoms with Crippen LogP contribution in [0, 0.1) is 0 Å². The van der Waals surface area contributed by atoms with Gasteiger partial charge in [0.2, 0.25) is 0 Å². The third-order valence-corrected chi connectivity index (χ3v) is 4.38. The molecule has 0 amide bonds. The highest BCUT2D eigenvalue weighted by Crippen LogP contribution is 2.19. The summed E-state index contributed by atoms with van der Waals surface area (Å²) >= 11 is 0. The Hall–Kier alpha value is -2.46. The van der Waals surface area contributed by atoms with Crippen LogP contribution in [-0.2, 0) is 19.6 Å². The van der Waals surface area contributed by atoms with Crippen LogP contribution in [0.4, 0.5) is 0 Å². The van der Waals surface area contributed by atoms with Gasteiger partial charge in [-0.05, 0) is 24.1 Å². The number of aromatic nitrogens is 3. The van der Waals surface area contributed by atoms with Gasteiger partial charge >= 0.3 is 0 Å². The lowest BCUT2D eigenvalue weighted by molar-refractivity contribution is 0.261. The molecule has 0 radical (unpaired) electrons. The van der Waals surface area contributed by atoms with Crippen LogP contribution in [0.3, 0.4) is 0 Å². The second-order valence-electron chi connectivity index (χ2n) is 6.05. The summed E-state index contributed by atoms with van der Waals surface area (Å²) in [7, 11) is 0. The Morgan fingerprint density at radius 3 is 2.74 bits per heavy atom. The number of rotatable bonds is 3. The van der Waals surface area contributed by atoms with Crippen molar-refractivity contribution in [3.63, 3.8) is 0 Å². The largest absolute Gasteiger partial charge is 0.333 e. The monoisotopic (exact) mass is 304 g/mol. The fourth-order valence-corrected chi connectivity index (χ4v) is 3.16. The first-order valence-corrected chi connectivity index (χ1v) is 8.10. The highest BCUT2D eigenvalue weighted by molar-refractivity contribution is 5.58. The average molecular weight is 304 g/mol. The number of nitrogens with zero attached hydrogens (tertiary/aromatic N) is 4. The van der Waals surface area contributed by atoms with Crippen molar-refractivity contribution >= 4 is 0 Å². The molecular formula is C19H20N4. The SMILES string of the molecule is c1ccc(-c2ccc(CN3CCCn4cncc4C3)cc2)nc1. The molecule has 3 aromatic rings. The number of hydrogen-bond acceptors (Lipinski definition) is 3. The van der Waals surface area contributed by atoms with E-state index in [0.717, 1.165) is 31.9 Å². The number of benzene rings is 1. The van der Waals surface area contributed by atoms with E-state index in [1.54, 1.807) is 0 Å². The van der Waals surface area contributed by atoms with Crippen molar-refractivity contribution in [2.24, 2.45) is 0 Å². The predicted molar refractivity (Wildman–Crippen MR) is 90.6 cm³/mol. The van der Waals surface area contributed by atoms with Gasteiger partial charge in [0.05, 0.1) is 17.7 Å². The Kier molecular flexibility index (Phi) is 3.90. The van der Waals surface area contributed by atoms with Crippen LogP contribution in [0.25, 0.3) is 11.3 Å². The van der Waals surface area contributed by atoms with Gasteiger partial charge in [0.15, 0.2) is 0 Å². The van der Waals surface area contributed by atoms with Gasteiger partial charge < -0.3 is 4.57 Å². The number of fused-ring (bicyclic) bond motifs is 1. The van der Waals surface area contributed by atoms with Gasteiger partial charge in [-0.1, -0.05) is 30.3 Å². The summed E-state index contributed by atoms with van der Waals surface area (Å²) in [6.45, 7) is 4.16. The van der Waals surface area contributed by atoms with E-state index >= 15 is 0 Å². The van der Waals surface area contributed by atoms with E-state index < -0.39 is 0 Å². The zero-order chi connectivity index (χ0) is 15.5. The molecule has 0 saturated heterocycles. The van der Waals surface area contributed by atoms with E-state index in [1.165, 1.54) is 23.2 Å². The summed E-state index contributed by atoms with van der Waals surface area (Å²) in [6.07, 6.45) is 6.95. The second-order valence-corrected chi connectivity index (χ2v) is 6.05. The molecular weight excluding hydrogens is 284 g/mol. The van der Waals surface area contributed by atoms with Crippen molar-refractivity contribution in [2.45, 2.75) is 26.1 Å². The minimum atomic E-state index is 0.974. The van der Waals surface area contributed by atoms with Crippen molar-refractivity contribution in [1.82, 2.24) is 19.4 Å². The quantitative estimate of drug-likeness (QED) is 0.744. The van der Waals surface area contributed by atoms with Gasteiger partial charge in [-0.15, -0.1) is 0 Å². The summed E-state index contributed by atoms with van der Waals surface area (Å²) in [5.74, 6) is 0. The van der Waals surface area contributed by atoms with Gasteiger partial charge in [0.1, 0.15) is 0 Å². The Morgan fingerprint density at radius 1 is 1.00 bits per heavy atom. The van der Waals surface area contributed by atoms with Crippen molar-refractivity contribution < 1.29 is 0 Å². The molecule has 0 bridgehead atoms. The first kappa shape index (κ1) is 14.2. The summed E-state index contributed by atoms with van der Waals surface area (Å²) in [6, 6.07) is 14.8.